The Morgan fingerprint density at radius 3 is 2.55 bits per heavy atom. The van der Waals surface area contributed by atoms with Gasteiger partial charge in [-0.1, -0.05) is 40.6 Å². The summed E-state index contributed by atoms with van der Waals surface area (Å²) in [4.78, 5) is 30.4. The molecule has 31 heavy (non-hydrogen) atoms. The van der Waals surface area contributed by atoms with Gasteiger partial charge >= 0.3 is 6.16 Å². The van der Waals surface area contributed by atoms with E-state index in [1.54, 1.807) is 24.3 Å². The molecular formula is C19H21N7O5. The van der Waals surface area contributed by atoms with Gasteiger partial charge in [0.05, 0.1) is 23.8 Å². The number of hydrogen-bond donors (Lipinski definition) is 1. The van der Waals surface area contributed by atoms with Crippen LogP contribution in [0.5, 0.6) is 0 Å². The van der Waals surface area contributed by atoms with E-state index < -0.39 is 11.7 Å². The van der Waals surface area contributed by atoms with Crippen LogP contribution in [0, 0.1) is 0 Å². The van der Waals surface area contributed by atoms with Crippen molar-refractivity contribution < 1.29 is 23.8 Å². The molecule has 0 saturated heterocycles. The number of nitrogens with zero attached hydrogens (tertiary/aromatic N) is 6. The third kappa shape index (κ3) is 5.26. The van der Waals surface area contributed by atoms with E-state index in [9.17, 15) is 9.59 Å². The van der Waals surface area contributed by atoms with Crippen LogP contribution in [0.15, 0.2) is 46.3 Å². The van der Waals surface area contributed by atoms with E-state index in [1.165, 1.54) is 0 Å². The molecule has 1 spiro atoms. The van der Waals surface area contributed by atoms with E-state index in [0.29, 0.717) is 31.2 Å². The molecule has 1 aliphatic heterocycles. The molecule has 1 aliphatic carbocycles. The molecule has 12 nitrogen and oxygen atoms in total. The molecule has 1 saturated carbocycles. The first-order chi connectivity index (χ1) is 15.1. The molecule has 0 bridgehead atoms. The van der Waals surface area contributed by atoms with Gasteiger partial charge in [0.25, 0.3) is 5.91 Å². The van der Waals surface area contributed by atoms with E-state index in [4.69, 9.17) is 25.3 Å². The highest BCUT2D eigenvalue weighted by Crippen LogP contribution is 2.43. The molecule has 162 valence electrons. The number of azide groups is 2. The maximum atomic E-state index is 12.9. The molecule has 1 aromatic rings. The van der Waals surface area contributed by atoms with Gasteiger partial charge < -0.3 is 19.5 Å². The van der Waals surface area contributed by atoms with E-state index in [1.807, 2.05) is 6.07 Å². The molecule has 1 fully saturated rings. The summed E-state index contributed by atoms with van der Waals surface area (Å²) in [5.41, 5.74) is 16.7. The molecule has 12 heteroatoms. The average molecular weight is 427 g/mol. The monoisotopic (exact) mass is 427 g/mol. The smallest absolute Gasteiger partial charge is 0.434 e. The zero-order valence-corrected chi connectivity index (χ0v) is 16.6. The van der Waals surface area contributed by atoms with Gasteiger partial charge in [-0.2, -0.15) is 0 Å². The number of carbonyl (C=O) groups excluding carboxylic acids is 2. The molecule has 3 rings (SSSR count). The fourth-order valence-corrected chi connectivity index (χ4v) is 3.79. The number of carbonyl (C=O) groups is 2. The van der Waals surface area contributed by atoms with E-state index in [-0.39, 0.29) is 43.2 Å². The zero-order chi connectivity index (χ0) is 22.1. The van der Waals surface area contributed by atoms with Crippen LogP contribution in [0.4, 0.5) is 4.79 Å². The second-order valence-corrected chi connectivity index (χ2v) is 6.99. The van der Waals surface area contributed by atoms with Crippen LogP contribution in [0.3, 0.4) is 0 Å². The quantitative estimate of drug-likeness (QED) is 0.217. The highest BCUT2D eigenvalue weighted by Gasteiger charge is 2.50. The molecule has 1 heterocycles. The largest absolute Gasteiger partial charge is 0.513 e. The first-order valence-corrected chi connectivity index (χ1v) is 9.70. The lowest BCUT2D eigenvalue weighted by Gasteiger charge is -2.37. The van der Waals surface area contributed by atoms with E-state index in [0.717, 1.165) is 0 Å². The molecule has 1 aromatic carbocycles. The van der Waals surface area contributed by atoms with Crippen molar-refractivity contribution in [2.75, 3.05) is 19.9 Å². The number of rotatable bonds is 8. The summed E-state index contributed by atoms with van der Waals surface area (Å²) in [6.45, 7) is -0.226. The maximum absolute atomic E-state index is 12.9. The number of nitrogens with one attached hydrogen (secondary N) is 1. The lowest BCUT2D eigenvalue weighted by molar-refractivity contribution is -0.116. The van der Waals surface area contributed by atoms with Crippen molar-refractivity contribution >= 4 is 17.6 Å². The summed E-state index contributed by atoms with van der Waals surface area (Å²) in [5.74, 6) is -0.123. The van der Waals surface area contributed by atoms with Gasteiger partial charge in [-0.25, -0.2) is 4.79 Å². The van der Waals surface area contributed by atoms with Gasteiger partial charge in [0.1, 0.15) is 19.1 Å². The first-order valence-electron chi connectivity index (χ1n) is 9.70. The molecule has 0 atom stereocenters. The summed E-state index contributed by atoms with van der Waals surface area (Å²) in [6.07, 6.45) is 0.971. The zero-order valence-electron chi connectivity index (χ0n) is 16.6. The van der Waals surface area contributed by atoms with Gasteiger partial charge in [-0.05, 0) is 42.3 Å². The van der Waals surface area contributed by atoms with E-state index in [2.05, 4.69) is 25.4 Å². The van der Waals surface area contributed by atoms with Crippen molar-refractivity contribution in [2.45, 2.75) is 37.3 Å². The predicted octanol–water partition coefficient (Wildman–Crippen LogP) is 3.96. The normalized spacial score (nSPS) is 22.3. The van der Waals surface area contributed by atoms with Crippen molar-refractivity contribution in [3.63, 3.8) is 0 Å². The predicted molar refractivity (Wildman–Crippen MR) is 108 cm³/mol. The number of ether oxygens (including phenoxy) is 3. The van der Waals surface area contributed by atoms with Crippen LogP contribution in [0.1, 0.15) is 31.2 Å². The minimum atomic E-state index is -0.978. The van der Waals surface area contributed by atoms with E-state index >= 15 is 0 Å². The number of amides is 1. The minimum Gasteiger partial charge on any atom is -0.434 e. The van der Waals surface area contributed by atoms with Crippen LogP contribution < -0.4 is 5.32 Å². The summed E-state index contributed by atoms with van der Waals surface area (Å²) in [7, 11) is 0. The minimum absolute atomic E-state index is 0.0251. The van der Waals surface area contributed by atoms with Crippen LogP contribution in [-0.2, 0) is 19.0 Å². The topological polar surface area (TPSA) is 171 Å². The third-order valence-electron chi connectivity index (χ3n) is 5.18. The Morgan fingerprint density at radius 2 is 1.87 bits per heavy atom. The van der Waals surface area contributed by atoms with Crippen molar-refractivity contribution in [3.8, 4) is 0 Å². The Balaban J connectivity index is 1.82. The average Bonchev–Trinajstić information content (AvgIpc) is 3.04. The van der Waals surface area contributed by atoms with Gasteiger partial charge in [0, 0.05) is 9.82 Å². The maximum Gasteiger partial charge on any atom is 0.513 e. The van der Waals surface area contributed by atoms with Crippen molar-refractivity contribution in [2.24, 2.45) is 10.2 Å². The van der Waals surface area contributed by atoms with Gasteiger partial charge in [-0.15, -0.1) is 0 Å². The lowest BCUT2D eigenvalue weighted by atomic mass is 9.79. The lowest BCUT2D eigenvalue weighted by Crippen LogP contribution is -2.49. The molecule has 0 radical (unpaired) electrons. The first kappa shape index (κ1) is 22.0. The summed E-state index contributed by atoms with van der Waals surface area (Å²) >= 11 is 0. The summed E-state index contributed by atoms with van der Waals surface area (Å²) < 4.78 is 16.1. The highest BCUT2D eigenvalue weighted by atomic mass is 16.7. The molecule has 1 amide bonds. The second-order valence-electron chi connectivity index (χ2n) is 6.99. The number of benzene rings is 1. The fraction of sp³-hybridized carbons (Fsp3) is 0.474. The van der Waals surface area contributed by atoms with Crippen LogP contribution >= 0.6 is 0 Å². The Labute approximate surface area is 177 Å². The Hall–Kier alpha value is -3.72. The molecule has 2 aliphatic rings. The number of hydrogen-bond acceptors (Lipinski definition) is 7. The molecule has 0 unspecified atom stereocenters. The molecular weight excluding hydrogens is 406 g/mol. The Bertz CT molecular complexity index is 944. The van der Waals surface area contributed by atoms with Gasteiger partial charge in [0.15, 0.2) is 0 Å². The van der Waals surface area contributed by atoms with Crippen molar-refractivity contribution in [1.82, 2.24) is 5.32 Å². The van der Waals surface area contributed by atoms with Crippen LogP contribution in [0.2, 0.25) is 0 Å². The summed E-state index contributed by atoms with van der Waals surface area (Å²) in [5, 5.41) is 9.66. The van der Waals surface area contributed by atoms with Crippen molar-refractivity contribution in [1.29, 1.82) is 0 Å². The SMILES string of the molecule is [N-]=[N+]=NCCOC(=O)OC1=C(c2ccccc2)C(=O)N[C@]12CC[C@@H](OCN=[N+]=[N-])CC2. The summed E-state index contributed by atoms with van der Waals surface area (Å²) in [6, 6.07) is 8.93. The van der Waals surface area contributed by atoms with Crippen LogP contribution in [0.25, 0.3) is 26.5 Å². The van der Waals surface area contributed by atoms with Gasteiger partial charge in [0.2, 0.25) is 0 Å². The molecule has 1 N–H and O–H groups in total. The van der Waals surface area contributed by atoms with Gasteiger partial charge in [-0.3, -0.25) is 4.79 Å². The van der Waals surface area contributed by atoms with Crippen LogP contribution in [-0.4, -0.2) is 43.6 Å². The molecule has 0 aromatic heterocycles. The highest BCUT2D eigenvalue weighted by molar-refractivity contribution is 6.23. The Kier molecular flexibility index (Phi) is 7.34. The standard InChI is InChI=1S/C19H21N7O5/c20-25-22-10-11-29-18(28)31-16-15(13-4-2-1-3-5-13)17(27)24-19(16)8-6-14(7-9-19)30-12-23-26-21/h1-5,14H,6-12H2,(H,24,27)/t14-,19+. The fourth-order valence-electron chi connectivity index (χ4n) is 3.79. The Morgan fingerprint density at radius 1 is 1.16 bits per heavy atom. The second kappa shape index (κ2) is 10.4. The third-order valence-corrected chi connectivity index (χ3v) is 5.18. The van der Waals surface area contributed by atoms with Crippen molar-refractivity contribution in [3.05, 3.63) is 62.5 Å².